The lowest BCUT2D eigenvalue weighted by Crippen LogP contribution is -2.57. The maximum atomic E-state index is 12.8. The van der Waals surface area contributed by atoms with Gasteiger partial charge in [0, 0.05) is 25.7 Å². The smallest absolute Gasteiger partial charge is 0.247 e. The van der Waals surface area contributed by atoms with Crippen molar-refractivity contribution in [1.29, 1.82) is 0 Å². The zero-order valence-electron chi connectivity index (χ0n) is 13.1. The molecule has 2 rings (SSSR count). The van der Waals surface area contributed by atoms with Crippen LogP contribution in [0.4, 0.5) is 0 Å². The van der Waals surface area contributed by atoms with E-state index in [0.717, 1.165) is 25.8 Å². The molecule has 2 saturated heterocycles. The minimum atomic E-state index is -0.600. The Morgan fingerprint density at radius 2 is 2.10 bits per heavy atom. The van der Waals surface area contributed by atoms with Crippen molar-refractivity contribution in [2.24, 2.45) is 5.73 Å². The summed E-state index contributed by atoms with van der Waals surface area (Å²) in [5.41, 5.74) is 5.31. The summed E-state index contributed by atoms with van der Waals surface area (Å²) in [4.78, 5) is 28.1. The van der Waals surface area contributed by atoms with Crippen LogP contribution in [-0.2, 0) is 14.3 Å². The van der Waals surface area contributed by atoms with Crippen molar-refractivity contribution < 1.29 is 14.3 Å². The third-order valence-electron chi connectivity index (χ3n) is 4.70. The van der Waals surface area contributed by atoms with E-state index in [-0.39, 0.29) is 11.9 Å². The highest BCUT2D eigenvalue weighted by molar-refractivity contribution is 5.82. The van der Waals surface area contributed by atoms with Crippen LogP contribution in [0, 0.1) is 0 Å². The molecule has 3 atom stereocenters. The number of nitrogens with zero attached hydrogens (tertiary/aromatic N) is 2. The van der Waals surface area contributed by atoms with Gasteiger partial charge in [-0.1, -0.05) is 6.92 Å². The van der Waals surface area contributed by atoms with Gasteiger partial charge in [-0.15, -0.1) is 0 Å². The maximum Gasteiger partial charge on any atom is 0.247 e. The predicted octanol–water partition coefficient (Wildman–Crippen LogP) is 0.352. The average Bonchev–Trinajstić information content (AvgIpc) is 2.53. The van der Waals surface area contributed by atoms with Crippen molar-refractivity contribution in [2.45, 2.75) is 57.7 Å². The molecule has 2 heterocycles. The number of piperidine rings is 1. The number of primary amides is 1. The monoisotopic (exact) mass is 297 g/mol. The van der Waals surface area contributed by atoms with Crippen molar-refractivity contribution in [3.63, 3.8) is 0 Å². The number of hydrogen-bond donors (Lipinski definition) is 1. The molecule has 0 aliphatic carbocycles. The fraction of sp³-hybridized carbons (Fsp3) is 0.867. The van der Waals surface area contributed by atoms with E-state index in [4.69, 9.17) is 10.5 Å². The van der Waals surface area contributed by atoms with Gasteiger partial charge in [0.1, 0.15) is 6.10 Å². The Bertz CT molecular complexity index is 388. The molecule has 21 heavy (non-hydrogen) atoms. The number of nitrogens with two attached hydrogens (primary N) is 1. The molecule has 0 aromatic carbocycles. The zero-order valence-corrected chi connectivity index (χ0v) is 13.1. The largest absolute Gasteiger partial charge is 0.367 e. The second-order valence-corrected chi connectivity index (χ2v) is 6.02. The van der Waals surface area contributed by atoms with Gasteiger partial charge in [0.05, 0.1) is 12.6 Å². The van der Waals surface area contributed by atoms with E-state index >= 15 is 0 Å². The lowest BCUT2D eigenvalue weighted by Gasteiger charge is -2.41. The lowest BCUT2D eigenvalue weighted by atomic mass is 9.99. The van der Waals surface area contributed by atoms with Crippen LogP contribution in [0.2, 0.25) is 0 Å². The van der Waals surface area contributed by atoms with Crippen LogP contribution in [0.1, 0.15) is 39.5 Å². The fourth-order valence-electron chi connectivity index (χ4n) is 3.30. The van der Waals surface area contributed by atoms with E-state index in [0.29, 0.717) is 25.7 Å². The number of carbonyl (C=O) groups excluding carboxylic acids is 2. The molecular weight excluding hydrogens is 270 g/mol. The van der Waals surface area contributed by atoms with Crippen molar-refractivity contribution in [2.75, 3.05) is 26.2 Å². The molecule has 3 unspecified atom stereocenters. The molecule has 2 aliphatic heterocycles. The van der Waals surface area contributed by atoms with Crippen LogP contribution in [0.3, 0.4) is 0 Å². The van der Waals surface area contributed by atoms with Crippen molar-refractivity contribution in [3.05, 3.63) is 0 Å². The Labute approximate surface area is 126 Å². The van der Waals surface area contributed by atoms with E-state index in [1.807, 2.05) is 16.7 Å². The van der Waals surface area contributed by atoms with Crippen LogP contribution < -0.4 is 5.73 Å². The Balaban J connectivity index is 1.99. The second-order valence-electron chi connectivity index (χ2n) is 6.02. The SMILES string of the molecule is CCC1CCCCN1C(=O)C(C)N1CCOC(C(N)=O)C1. The number of ether oxygens (including phenoxy) is 1. The molecule has 0 aromatic heterocycles. The van der Waals surface area contributed by atoms with Crippen molar-refractivity contribution in [1.82, 2.24) is 9.80 Å². The third kappa shape index (κ3) is 3.74. The van der Waals surface area contributed by atoms with Gasteiger partial charge in [-0.3, -0.25) is 14.5 Å². The first kappa shape index (κ1) is 16.2. The molecule has 0 radical (unpaired) electrons. The van der Waals surface area contributed by atoms with Gasteiger partial charge in [0.15, 0.2) is 0 Å². The number of carbonyl (C=O) groups is 2. The Hall–Kier alpha value is -1.14. The molecule has 0 aromatic rings. The fourth-order valence-corrected chi connectivity index (χ4v) is 3.30. The first-order valence-corrected chi connectivity index (χ1v) is 8.00. The van der Waals surface area contributed by atoms with Gasteiger partial charge in [0.2, 0.25) is 11.8 Å². The summed E-state index contributed by atoms with van der Waals surface area (Å²) in [6.07, 6.45) is 3.80. The Morgan fingerprint density at radius 1 is 1.33 bits per heavy atom. The molecule has 6 nitrogen and oxygen atoms in total. The van der Waals surface area contributed by atoms with E-state index in [2.05, 4.69) is 6.92 Å². The molecule has 2 N–H and O–H groups in total. The Kier molecular flexibility index (Phi) is 5.58. The van der Waals surface area contributed by atoms with E-state index in [1.165, 1.54) is 6.42 Å². The molecule has 2 fully saturated rings. The molecule has 2 amide bonds. The van der Waals surface area contributed by atoms with E-state index in [9.17, 15) is 9.59 Å². The van der Waals surface area contributed by atoms with Crippen LogP contribution in [0.5, 0.6) is 0 Å². The summed E-state index contributed by atoms with van der Waals surface area (Å²) in [7, 11) is 0. The summed E-state index contributed by atoms with van der Waals surface area (Å²) < 4.78 is 5.35. The van der Waals surface area contributed by atoms with Gasteiger partial charge in [-0.2, -0.15) is 0 Å². The van der Waals surface area contributed by atoms with Crippen molar-refractivity contribution in [3.8, 4) is 0 Å². The molecule has 2 aliphatic rings. The maximum absolute atomic E-state index is 12.8. The summed E-state index contributed by atoms with van der Waals surface area (Å²) in [5.74, 6) is -0.282. The summed E-state index contributed by atoms with van der Waals surface area (Å²) >= 11 is 0. The standard InChI is InChI=1S/C15H27N3O3/c1-3-12-6-4-5-7-18(12)15(20)11(2)17-8-9-21-13(10-17)14(16)19/h11-13H,3-10H2,1-2H3,(H2,16,19). The van der Waals surface area contributed by atoms with Gasteiger partial charge < -0.3 is 15.4 Å². The molecule has 120 valence electrons. The molecule has 6 heteroatoms. The highest BCUT2D eigenvalue weighted by atomic mass is 16.5. The Morgan fingerprint density at radius 3 is 2.76 bits per heavy atom. The summed E-state index contributed by atoms with van der Waals surface area (Å²) in [6, 6.07) is 0.143. The van der Waals surface area contributed by atoms with Crippen LogP contribution in [0.15, 0.2) is 0 Å². The average molecular weight is 297 g/mol. The predicted molar refractivity (Wildman–Crippen MR) is 79.6 cm³/mol. The first-order chi connectivity index (χ1) is 10.0. The number of rotatable bonds is 4. The van der Waals surface area contributed by atoms with Crippen LogP contribution in [-0.4, -0.2) is 66.0 Å². The molecular formula is C15H27N3O3. The lowest BCUT2D eigenvalue weighted by molar-refractivity contribution is -0.147. The number of amides is 2. The van der Waals surface area contributed by atoms with E-state index < -0.39 is 12.0 Å². The minimum Gasteiger partial charge on any atom is -0.367 e. The highest BCUT2D eigenvalue weighted by Gasteiger charge is 2.34. The second kappa shape index (κ2) is 7.22. The number of likely N-dealkylation sites (tertiary alicyclic amines) is 1. The summed E-state index contributed by atoms with van der Waals surface area (Å²) in [6.45, 7) is 6.44. The van der Waals surface area contributed by atoms with Gasteiger partial charge >= 0.3 is 0 Å². The van der Waals surface area contributed by atoms with E-state index in [1.54, 1.807) is 0 Å². The first-order valence-electron chi connectivity index (χ1n) is 8.00. The van der Waals surface area contributed by atoms with Gasteiger partial charge in [-0.25, -0.2) is 0 Å². The molecule has 0 saturated carbocycles. The zero-order chi connectivity index (χ0) is 15.4. The van der Waals surface area contributed by atoms with Crippen molar-refractivity contribution >= 4 is 11.8 Å². The molecule has 0 bridgehead atoms. The van der Waals surface area contributed by atoms with Gasteiger partial charge in [-0.05, 0) is 32.6 Å². The van der Waals surface area contributed by atoms with Gasteiger partial charge in [0.25, 0.3) is 0 Å². The summed E-state index contributed by atoms with van der Waals surface area (Å²) in [5, 5.41) is 0. The quantitative estimate of drug-likeness (QED) is 0.812. The van der Waals surface area contributed by atoms with Crippen LogP contribution in [0.25, 0.3) is 0 Å². The molecule has 0 spiro atoms. The normalized spacial score (nSPS) is 29.1. The highest BCUT2D eigenvalue weighted by Crippen LogP contribution is 2.22. The van der Waals surface area contributed by atoms with Crippen LogP contribution >= 0.6 is 0 Å². The third-order valence-corrected chi connectivity index (χ3v) is 4.70. The topological polar surface area (TPSA) is 75.9 Å². The number of hydrogen-bond acceptors (Lipinski definition) is 4. The number of morpholine rings is 1. The minimum absolute atomic E-state index is 0.173.